The van der Waals surface area contributed by atoms with E-state index in [1.807, 2.05) is 39.8 Å². The molecule has 0 unspecified atom stereocenters. The zero-order valence-electron chi connectivity index (χ0n) is 21.1. The summed E-state index contributed by atoms with van der Waals surface area (Å²) in [5.74, 6) is -0.0509. The number of aryl methyl sites for hydroxylation is 1. The lowest BCUT2D eigenvalue weighted by Gasteiger charge is -2.39. The quantitative estimate of drug-likeness (QED) is 0.377. The molecule has 184 valence electrons. The third-order valence-electron chi connectivity index (χ3n) is 6.87. The van der Waals surface area contributed by atoms with Crippen molar-refractivity contribution >= 4 is 41.0 Å². The Kier molecular flexibility index (Phi) is 9.99. The van der Waals surface area contributed by atoms with Gasteiger partial charge < -0.3 is 10.2 Å². The molecule has 5 heteroatoms. The van der Waals surface area contributed by atoms with Crippen molar-refractivity contribution in [3.8, 4) is 0 Å². The van der Waals surface area contributed by atoms with Crippen LogP contribution in [-0.4, -0.2) is 37.0 Å². The van der Waals surface area contributed by atoms with E-state index in [2.05, 4.69) is 46.6 Å². The van der Waals surface area contributed by atoms with Gasteiger partial charge in [0.05, 0.1) is 5.02 Å². The normalized spacial score (nSPS) is 16.5. The van der Waals surface area contributed by atoms with E-state index in [1.54, 1.807) is 0 Å². The molecule has 1 aliphatic heterocycles. The Balaban J connectivity index is 0.00000158. The van der Waals surface area contributed by atoms with Crippen LogP contribution in [-0.2, 0) is 5.41 Å². The number of nitrogens with one attached hydrogen (secondary N) is 1. The van der Waals surface area contributed by atoms with Crippen LogP contribution < -0.4 is 5.32 Å². The van der Waals surface area contributed by atoms with Gasteiger partial charge >= 0.3 is 0 Å². The Morgan fingerprint density at radius 1 is 1.18 bits per heavy atom. The minimum atomic E-state index is -0.0509. The summed E-state index contributed by atoms with van der Waals surface area (Å²) in [5, 5.41) is 3.62. The summed E-state index contributed by atoms with van der Waals surface area (Å²) in [7, 11) is 0. The zero-order valence-corrected chi connectivity index (χ0v) is 22.7. The molecule has 0 saturated carbocycles. The van der Waals surface area contributed by atoms with Gasteiger partial charge in [0, 0.05) is 22.4 Å². The fourth-order valence-electron chi connectivity index (χ4n) is 5.00. The third kappa shape index (κ3) is 6.02. The summed E-state index contributed by atoms with van der Waals surface area (Å²) in [6.07, 6.45) is 14.4. The first-order valence-electron chi connectivity index (χ1n) is 12.7. The Bertz CT molecular complexity index is 1020. The number of allylic oxidation sites excluding steroid dienone is 2. The van der Waals surface area contributed by atoms with Gasteiger partial charge in [-0.15, -0.1) is 11.3 Å². The van der Waals surface area contributed by atoms with Crippen LogP contribution in [0, 0.1) is 6.92 Å². The number of hydrogen-bond acceptors (Lipinski definition) is 3. The predicted octanol–water partition coefficient (Wildman–Crippen LogP) is 7.73. The smallest absolute Gasteiger partial charge is 0.262 e. The molecule has 2 aliphatic rings. The monoisotopic (exact) mass is 498 g/mol. The van der Waals surface area contributed by atoms with Gasteiger partial charge in [0.25, 0.3) is 5.91 Å². The number of halogens is 1. The average Bonchev–Trinajstić information content (AvgIpc) is 3.36. The first-order valence-corrected chi connectivity index (χ1v) is 13.9. The summed E-state index contributed by atoms with van der Waals surface area (Å²) in [6.45, 7) is 12.2. The highest BCUT2D eigenvalue weighted by atomic mass is 35.5. The van der Waals surface area contributed by atoms with E-state index in [4.69, 9.17) is 11.6 Å². The van der Waals surface area contributed by atoms with Gasteiger partial charge in [-0.3, -0.25) is 4.79 Å². The number of hydrogen-bond donors (Lipinski definition) is 1. The zero-order chi connectivity index (χ0) is 24.6. The highest BCUT2D eigenvalue weighted by Gasteiger charge is 2.37. The molecule has 1 aromatic carbocycles. The third-order valence-corrected chi connectivity index (χ3v) is 8.50. The summed E-state index contributed by atoms with van der Waals surface area (Å²) >= 11 is 7.89. The van der Waals surface area contributed by atoms with Gasteiger partial charge in [0.2, 0.25) is 0 Å². The molecule has 4 rings (SSSR count). The molecule has 1 aliphatic carbocycles. The lowest BCUT2D eigenvalue weighted by Crippen LogP contribution is -2.41. The fourth-order valence-corrected chi connectivity index (χ4v) is 6.41. The first-order chi connectivity index (χ1) is 16.5. The van der Waals surface area contributed by atoms with Crippen LogP contribution in [0.5, 0.6) is 0 Å². The second-order valence-electron chi connectivity index (χ2n) is 8.95. The molecule has 3 nitrogen and oxygen atoms in total. The van der Waals surface area contributed by atoms with E-state index in [0.717, 1.165) is 29.8 Å². The van der Waals surface area contributed by atoms with Gasteiger partial charge in [0.1, 0.15) is 4.88 Å². The van der Waals surface area contributed by atoms with Gasteiger partial charge in [-0.1, -0.05) is 80.4 Å². The molecule has 0 bridgehead atoms. The number of rotatable bonds is 8. The van der Waals surface area contributed by atoms with Gasteiger partial charge in [-0.25, -0.2) is 0 Å². The Morgan fingerprint density at radius 3 is 2.65 bits per heavy atom. The van der Waals surface area contributed by atoms with Crippen LogP contribution >= 0.6 is 22.9 Å². The highest BCUT2D eigenvalue weighted by molar-refractivity contribution is 7.15. The summed E-state index contributed by atoms with van der Waals surface area (Å²) < 4.78 is 0. The van der Waals surface area contributed by atoms with Gasteiger partial charge in [-0.05, 0) is 70.3 Å². The van der Waals surface area contributed by atoms with Crippen LogP contribution in [0.15, 0.2) is 36.4 Å². The van der Waals surface area contributed by atoms with E-state index < -0.39 is 0 Å². The largest absolute Gasteiger partial charge is 0.351 e. The lowest BCUT2D eigenvalue weighted by molar-refractivity contribution is 0.0957. The fraction of sp³-hybridized carbons (Fsp3) is 0.483. The highest BCUT2D eigenvalue weighted by Crippen LogP contribution is 2.43. The minimum absolute atomic E-state index is 0.0509. The van der Waals surface area contributed by atoms with Gasteiger partial charge in [0.15, 0.2) is 0 Å². The van der Waals surface area contributed by atoms with Crippen LogP contribution in [0.3, 0.4) is 0 Å². The molecule has 0 atom stereocenters. The number of amides is 1. The first kappa shape index (κ1) is 26.7. The maximum absolute atomic E-state index is 12.5. The number of benzene rings is 1. The molecule has 0 radical (unpaired) electrons. The van der Waals surface area contributed by atoms with E-state index in [-0.39, 0.29) is 11.3 Å². The standard InChI is InChI=1S/C27H33ClN2OS.C2H6/c1-3-9-22-20(2)32-25(24(22)28)26(31)29-16-7-4-8-17-30-18-14-27(15-19-30)13-12-21-10-5-6-11-23(21)27;1-2/h3,5-6,9-13H,4,7-8,14-19H2,1-2H3,(H,29,31);1-2H3/b9-3-;. The Morgan fingerprint density at radius 2 is 1.91 bits per heavy atom. The number of thiophene rings is 1. The number of carbonyl (C=O) groups is 1. The molecule has 1 saturated heterocycles. The second-order valence-corrected chi connectivity index (χ2v) is 10.6. The van der Waals surface area contributed by atoms with Crippen LogP contribution in [0.2, 0.25) is 5.02 Å². The van der Waals surface area contributed by atoms with Crippen molar-refractivity contribution < 1.29 is 4.79 Å². The Hall–Kier alpha value is -1.88. The van der Waals surface area contributed by atoms with Crippen LogP contribution in [0.4, 0.5) is 0 Å². The van der Waals surface area contributed by atoms with Crippen molar-refractivity contribution in [1.29, 1.82) is 0 Å². The summed E-state index contributed by atoms with van der Waals surface area (Å²) in [6, 6.07) is 8.86. The van der Waals surface area contributed by atoms with Crippen molar-refractivity contribution in [3.05, 3.63) is 67.9 Å². The van der Waals surface area contributed by atoms with E-state index in [0.29, 0.717) is 16.4 Å². The van der Waals surface area contributed by atoms with Crippen molar-refractivity contribution in [3.63, 3.8) is 0 Å². The topological polar surface area (TPSA) is 32.3 Å². The molecule has 2 aromatic rings. The number of piperidine rings is 1. The van der Waals surface area contributed by atoms with Crippen LogP contribution in [0.25, 0.3) is 12.2 Å². The molecular formula is C29H39ClN2OS. The van der Waals surface area contributed by atoms with E-state index >= 15 is 0 Å². The van der Waals surface area contributed by atoms with E-state index in [1.165, 1.54) is 54.8 Å². The molecule has 1 aromatic heterocycles. The average molecular weight is 499 g/mol. The summed E-state index contributed by atoms with van der Waals surface area (Å²) in [5.41, 5.74) is 4.16. The molecule has 1 spiro atoms. The minimum Gasteiger partial charge on any atom is -0.351 e. The van der Waals surface area contributed by atoms with Crippen molar-refractivity contribution in [2.24, 2.45) is 0 Å². The number of nitrogens with zero attached hydrogens (tertiary/aromatic N) is 1. The van der Waals surface area contributed by atoms with Crippen LogP contribution in [0.1, 0.15) is 84.1 Å². The Labute approximate surface area is 214 Å². The molecule has 1 N–H and O–H groups in total. The van der Waals surface area contributed by atoms with Crippen molar-refractivity contribution in [2.75, 3.05) is 26.2 Å². The number of carbonyl (C=O) groups excluding carboxylic acids is 1. The molecule has 1 fully saturated rings. The summed E-state index contributed by atoms with van der Waals surface area (Å²) in [4.78, 5) is 16.8. The number of unbranched alkanes of at least 4 members (excludes halogenated alkanes) is 2. The number of likely N-dealkylation sites (tertiary alicyclic amines) is 1. The molecular weight excluding hydrogens is 460 g/mol. The molecule has 34 heavy (non-hydrogen) atoms. The van der Waals surface area contributed by atoms with E-state index in [9.17, 15) is 4.79 Å². The maximum atomic E-state index is 12.5. The molecule has 2 heterocycles. The van der Waals surface area contributed by atoms with Crippen molar-refractivity contribution in [2.45, 2.75) is 65.2 Å². The number of fused-ring (bicyclic) bond motifs is 2. The SMILES string of the molecule is C/C=C\c1c(C)sc(C(=O)NCCCCCN2CCC3(C=Cc4ccccc43)CC2)c1Cl.CC. The van der Waals surface area contributed by atoms with Crippen molar-refractivity contribution in [1.82, 2.24) is 10.2 Å². The second kappa shape index (κ2) is 12.7. The predicted molar refractivity (Wildman–Crippen MR) is 149 cm³/mol. The van der Waals surface area contributed by atoms with Gasteiger partial charge in [-0.2, -0.15) is 0 Å². The maximum Gasteiger partial charge on any atom is 0.262 e. The lowest BCUT2D eigenvalue weighted by atomic mass is 9.74. The molecule has 1 amide bonds.